The molecule has 0 saturated heterocycles. The highest BCUT2D eigenvalue weighted by molar-refractivity contribution is 5.47. The highest BCUT2D eigenvalue weighted by Crippen LogP contribution is 2.10. The summed E-state index contributed by atoms with van der Waals surface area (Å²) < 4.78 is 0. The van der Waals surface area contributed by atoms with Gasteiger partial charge in [-0.25, -0.2) is 9.97 Å². The molecule has 0 atom stereocenters. The van der Waals surface area contributed by atoms with Crippen LogP contribution >= 0.6 is 0 Å². The molecule has 1 aromatic rings. The summed E-state index contributed by atoms with van der Waals surface area (Å²) >= 11 is 0. The standard InChI is InChI=1S/C12H23N5O/c1-10-15-11(13-5-4-8-18)9-12(16-10)14-6-7-17(2)3/h9,18H,4-8H2,1-3H3,(H2,13,14,15,16). The van der Waals surface area contributed by atoms with Crippen molar-refractivity contribution in [1.82, 2.24) is 14.9 Å². The average molecular weight is 253 g/mol. The van der Waals surface area contributed by atoms with Gasteiger partial charge >= 0.3 is 0 Å². The highest BCUT2D eigenvalue weighted by atomic mass is 16.3. The third-order valence-electron chi connectivity index (χ3n) is 2.34. The predicted molar refractivity (Wildman–Crippen MR) is 74.0 cm³/mol. The molecule has 3 N–H and O–H groups in total. The summed E-state index contributed by atoms with van der Waals surface area (Å²) in [6.07, 6.45) is 0.715. The third-order valence-corrected chi connectivity index (χ3v) is 2.34. The Labute approximate surface area is 108 Å². The molecule has 0 spiro atoms. The SMILES string of the molecule is Cc1nc(NCCCO)cc(NCCN(C)C)n1. The number of nitrogens with zero attached hydrogens (tertiary/aromatic N) is 3. The number of aliphatic hydroxyl groups is 1. The van der Waals surface area contributed by atoms with Crippen LogP contribution in [0.25, 0.3) is 0 Å². The van der Waals surface area contributed by atoms with E-state index in [2.05, 4.69) is 25.5 Å². The molecule has 0 bridgehead atoms. The van der Waals surface area contributed by atoms with E-state index in [0.29, 0.717) is 13.0 Å². The molecule has 1 rings (SSSR count). The van der Waals surface area contributed by atoms with Crippen molar-refractivity contribution in [3.8, 4) is 0 Å². The van der Waals surface area contributed by atoms with Crippen molar-refractivity contribution in [3.05, 3.63) is 11.9 Å². The first-order valence-corrected chi connectivity index (χ1v) is 6.21. The summed E-state index contributed by atoms with van der Waals surface area (Å²) in [7, 11) is 4.07. The molecule has 18 heavy (non-hydrogen) atoms. The number of likely N-dealkylation sites (N-methyl/N-ethyl adjacent to an activating group) is 1. The first-order chi connectivity index (χ1) is 8.61. The first kappa shape index (κ1) is 14.7. The van der Waals surface area contributed by atoms with Crippen molar-refractivity contribution in [3.63, 3.8) is 0 Å². The zero-order valence-electron chi connectivity index (χ0n) is 11.4. The van der Waals surface area contributed by atoms with E-state index in [-0.39, 0.29) is 6.61 Å². The Morgan fingerprint density at radius 2 is 1.78 bits per heavy atom. The fourth-order valence-electron chi connectivity index (χ4n) is 1.45. The van der Waals surface area contributed by atoms with Crippen molar-refractivity contribution >= 4 is 11.6 Å². The molecule has 0 aliphatic heterocycles. The lowest BCUT2D eigenvalue weighted by atomic mass is 10.4. The van der Waals surface area contributed by atoms with E-state index < -0.39 is 0 Å². The van der Waals surface area contributed by atoms with Gasteiger partial charge in [0.2, 0.25) is 0 Å². The summed E-state index contributed by atoms with van der Waals surface area (Å²) in [4.78, 5) is 10.7. The van der Waals surface area contributed by atoms with E-state index in [9.17, 15) is 0 Å². The molecule has 6 nitrogen and oxygen atoms in total. The van der Waals surface area contributed by atoms with E-state index in [4.69, 9.17) is 5.11 Å². The lowest BCUT2D eigenvalue weighted by Crippen LogP contribution is -2.21. The van der Waals surface area contributed by atoms with Crippen LogP contribution in [0.5, 0.6) is 0 Å². The smallest absolute Gasteiger partial charge is 0.131 e. The second kappa shape index (κ2) is 7.84. The van der Waals surface area contributed by atoms with Gasteiger partial charge < -0.3 is 20.6 Å². The van der Waals surface area contributed by atoms with Crippen LogP contribution in [0, 0.1) is 6.92 Å². The summed E-state index contributed by atoms with van der Waals surface area (Å²) in [6.45, 7) is 4.57. The van der Waals surface area contributed by atoms with E-state index >= 15 is 0 Å². The maximum absolute atomic E-state index is 8.73. The number of aromatic nitrogens is 2. The Morgan fingerprint density at radius 3 is 2.33 bits per heavy atom. The van der Waals surface area contributed by atoms with Gasteiger partial charge in [-0.05, 0) is 27.4 Å². The van der Waals surface area contributed by atoms with Crippen molar-refractivity contribution in [1.29, 1.82) is 0 Å². The van der Waals surface area contributed by atoms with Gasteiger partial charge in [-0.2, -0.15) is 0 Å². The molecular formula is C12H23N5O. The number of aliphatic hydroxyl groups excluding tert-OH is 1. The van der Waals surface area contributed by atoms with Gasteiger partial charge in [0.25, 0.3) is 0 Å². The van der Waals surface area contributed by atoms with Crippen LogP contribution in [0.1, 0.15) is 12.2 Å². The van der Waals surface area contributed by atoms with Gasteiger partial charge in [0.05, 0.1) is 0 Å². The van der Waals surface area contributed by atoms with Crippen LogP contribution in [-0.4, -0.2) is 60.3 Å². The summed E-state index contributed by atoms with van der Waals surface area (Å²) in [6, 6.07) is 1.89. The quantitative estimate of drug-likeness (QED) is 0.588. The Bertz CT molecular complexity index is 356. The third kappa shape index (κ3) is 5.79. The number of aryl methyl sites for hydroxylation is 1. The molecule has 0 saturated carbocycles. The average Bonchev–Trinajstić information content (AvgIpc) is 2.28. The molecule has 6 heteroatoms. The molecule has 1 aromatic heterocycles. The van der Waals surface area contributed by atoms with Crippen molar-refractivity contribution < 1.29 is 5.11 Å². The van der Waals surface area contributed by atoms with Gasteiger partial charge in [-0.1, -0.05) is 0 Å². The van der Waals surface area contributed by atoms with Crippen molar-refractivity contribution in [2.24, 2.45) is 0 Å². The van der Waals surface area contributed by atoms with Crippen LogP contribution < -0.4 is 10.6 Å². The number of nitrogens with one attached hydrogen (secondary N) is 2. The largest absolute Gasteiger partial charge is 0.396 e. The minimum Gasteiger partial charge on any atom is -0.396 e. The molecular weight excluding hydrogens is 230 g/mol. The van der Waals surface area contributed by atoms with Crippen LogP contribution in [0.4, 0.5) is 11.6 Å². The van der Waals surface area contributed by atoms with Crippen molar-refractivity contribution in [2.75, 3.05) is 51.0 Å². The summed E-state index contributed by atoms with van der Waals surface area (Å²) in [5.41, 5.74) is 0. The molecule has 0 aromatic carbocycles. The first-order valence-electron chi connectivity index (χ1n) is 6.21. The minimum absolute atomic E-state index is 0.186. The molecule has 102 valence electrons. The maximum atomic E-state index is 8.73. The van der Waals surface area contributed by atoms with E-state index in [1.807, 2.05) is 27.1 Å². The fraction of sp³-hybridized carbons (Fsp3) is 0.667. The molecule has 0 fully saturated rings. The Balaban J connectivity index is 2.51. The van der Waals surface area contributed by atoms with Crippen LogP contribution in [0.15, 0.2) is 6.07 Å². The molecule has 1 heterocycles. The molecule has 0 aliphatic rings. The number of hydrogen-bond donors (Lipinski definition) is 3. The van der Waals surface area contributed by atoms with E-state index in [0.717, 1.165) is 30.5 Å². The topological polar surface area (TPSA) is 73.3 Å². The van der Waals surface area contributed by atoms with E-state index in [1.54, 1.807) is 0 Å². The normalized spacial score (nSPS) is 10.7. The molecule has 0 radical (unpaired) electrons. The van der Waals surface area contributed by atoms with Gasteiger partial charge in [0.1, 0.15) is 17.5 Å². The van der Waals surface area contributed by atoms with Gasteiger partial charge in [0, 0.05) is 32.3 Å². The van der Waals surface area contributed by atoms with Gasteiger partial charge in [-0.15, -0.1) is 0 Å². The summed E-state index contributed by atoms with van der Waals surface area (Å²) in [5.74, 6) is 2.36. The second-order valence-corrected chi connectivity index (χ2v) is 4.42. The van der Waals surface area contributed by atoms with Crippen LogP contribution in [0.2, 0.25) is 0 Å². The molecule has 0 aliphatic carbocycles. The minimum atomic E-state index is 0.186. The number of hydrogen-bond acceptors (Lipinski definition) is 6. The monoisotopic (exact) mass is 253 g/mol. The maximum Gasteiger partial charge on any atom is 0.131 e. The Hall–Kier alpha value is -1.40. The highest BCUT2D eigenvalue weighted by Gasteiger charge is 2.01. The van der Waals surface area contributed by atoms with Crippen LogP contribution in [-0.2, 0) is 0 Å². The van der Waals surface area contributed by atoms with Gasteiger partial charge in [0.15, 0.2) is 0 Å². The lowest BCUT2D eigenvalue weighted by molar-refractivity contribution is 0.292. The fourth-order valence-corrected chi connectivity index (χ4v) is 1.45. The Morgan fingerprint density at radius 1 is 1.17 bits per heavy atom. The number of anilines is 2. The molecule has 0 unspecified atom stereocenters. The van der Waals surface area contributed by atoms with E-state index in [1.165, 1.54) is 0 Å². The van der Waals surface area contributed by atoms with Gasteiger partial charge in [-0.3, -0.25) is 0 Å². The zero-order valence-corrected chi connectivity index (χ0v) is 11.4. The zero-order chi connectivity index (χ0) is 13.4. The Kier molecular flexibility index (Phi) is 6.38. The van der Waals surface area contributed by atoms with Crippen molar-refractivity contribution in [2.45, 2.75) is 13.3 Å². The number of rotatable bonds is 8. The predicted octanol–water partition coefficient (Wildman–Crippen LogP) is 0.553. The second-order valence-electron chi connectivity index (χ2n) is 4.42. The summed E-state index contributed by atoms with van der Waals surface area (Å²) in [5, 5.41) is 15.2. The molecule has 0 amide bonds. The van der Waals surface area contributed by atoms with Crippen LogP contribution in [0.3, 0.4) is 0 Å². The lowest BCUT2D eigenvalue weighted by Gasteiger charge is -2.12.